The Morgan fingerprint density at radius 2 is 1.70 bits per heavy atom. The lowest BCUT2D eigenvalue weighted by molar-refractivity contribution is -0.116. The number of anilines is 1. The summed E-state index contributed by atoms with van der Waals surface area (Å²) < 4.78 is 28.1. The van der Waals surface area contributed by atoms with E-state index in [0.29, 0.717) is 38.9 Å². The number of methoxy groups -OCH3 is 3. The number of nitrogens with one attached hydrogen (secondary N) is 1. The lowest BCUT2D eigenvalue weighted by atomic mass is 9.84. The molecule has 2 aliphatic heterocycles. The molecule has 0 unspecified atom stereocenters. The average molecular weight is 436 g/mol. The molecule has 1 N–H and O–H groups in total. The quantitative estimate of drug-likeness (QED) is 0.789. The van der Waals surface area contributed by atoms with Gasteiger partial charge in [-0.25, -0.2) is 0 Å². The summed E-state index contributed by atoms with van der Waals surface area (Å²) in [5, 5.41) is 2.91. The van der Waals surface area contributed by atoms with Crippen molar-refractivity contribution >= 4 is 27.5 Å². The summed E-state index contributed by atoms with van der Waals surface area (Å²) in [5.74, 6) is 2.53. The Balaban J connectivity index is 1.91. The number of carbonyl (C=O) groups is 1. The number of carbonyl (C=O) groups excluding carboxylic acids is 1. The first-order valence-electron chi connectivity index (χ1n) is 8.29. The van der Waals surface area contributed by atoms with Gasteiger partial charge in [-0.2, -0.15) is 0 Å². The van der Waals surface area contributed by atoms with E-state index in [-0.39, 0.29) is 25.0 Å². The zero-order chi connectivity index (χ0) is 19.1. The van der Waals surface area contributed by atoms with Crippen LogP contribution in [0.15, 0.2) is 22.7 Å². The van der Waals surface area contributed by atoms with E-state index in [1.165, 1.54) is 0 Å². The van der Waals surface area contributed by atoms with Crippen molar-refractivity contribution in [2.45, 2.75) is 12.3 Å². The maximum atomic E-state index is 12.4. The molecule has 1 amide bonds. The second kappa shape index (κ2) is 6.84. The van der Waals surface area contributed by atoms with Crippen LogP contribution < -0.4 is 29.0 Å². The van der Waals surface area contributed by atoms with Crippen molar-refractivity contribution in [2.24, 2.45) is 0 Å². The van der Waals surface area contributed by atoms with Crippen LogP contribution in [-0.4, -0.2) is 34.0 Å². The average Bonchev–Trinajstić information content (AvgIpc) is 3.12. The van der Waals surface area contributed by atoms with Gasteiger partial charge in [0.1, 0.15) is 0 Å². The monoisotopic (exact) mass is 435 g/mol. The minimum absolute atomic E-state index is 0.0768. The van der Waals surface area contributed by atoms with E-state index in [4.69, 9.17) is 23.7 Å². The van der Waals surface area contributed by atoms with Crippen LogP contribution >= 0.6 is 15.9 Å². The molecule has 2 aromatic rings. The fourth-order valence-corrected chi connectivity index (χ4v) is 4.25. The zero-order valence-electron chi connectivity index (χ0n) is 15.1. The molecule has 2 aliphatic rings. The lowest BCUT2D eigenvalue weighted by Gasteiger charge is -2.28. The summed E-state index contributed by atoms with van der Waals surface area (Å²) in [4.78, 5) is 12.4. The molecule has 0 aliphatic carbocycles. The Labute approximate surface area is 164 Å². The number of rotatable bonds is 4. The van der Waals surface area contributed by atoms with Crippen LogP contribution in [0.2, 0.25) is 0 Å². The molecule has 8 heteroatoms. The van der Waals surface area contributed by atoms with E-state index >= 15 is 0 Å². The molecule has 0 fully saturated rings. The molecule has 142 valence electrons. The Bertz CT molecular complexity index is 929. The first kappa shape index (κ1) is 17.8. The van der Waals surface area contributed by atoms with Gasteiger partial charge in [0.25, 0.3) is 0 Å². The molecular weight excluding hydrogens is 418 g/mol. The van der Waals surface area contributed by atoms with Crippen molar-refractivity contribution in [1.82, 2.24) is 0 Å². The van der Waals surface area contributed by atoms with E-state index in [1.54, 1.807) is 27.4 Å². The fourth-order valence-electron chi connectivity index (χ4n) is 3.52. The third kappa shape index (κ3) is 2.84. The highest BCUT2D eigenvalue weighted by atomic mass is 79.9. The summed E-state index contributed by atoms with van der Waals surface area (Å²) in [6, 6.07) is 5.58. The Hall–Kier alpha value is -2.61. The Morgan fingerprint density at radius 1 is 1.00 bits per heavy atom. The predicted molar refractivity (Wildman–Crippen MR) is 101 cm³/mol. The van der Waals surface area contributed by atoms with Crippen LogP contribution in [0.1, 0.15) is 23.5 Å². The molecule has 0 aromatic heterocycles. The van der Waals surface area contributed by atoms with Crippen LogP contribution in [0.3, 0.4) is 0 Å². The zero-order valence-corrected chi connectivity index (χ0v) is 16.6. The number of halogens is 1. The molecule has 27 heavy (non-hydrogen) atoms. The van der Waals surface area contributed by atoms with Crippen molar-refractivity contribution in [3.05, 3.63) is 33.8 Å². The van der Waals surface area contributed by atoms with E-state index < -0.39 is 0 Å². The van der Waals surface area contributed by atoms with Crippen molar-refractivity contribution < 1.29 is 28.5 Å². The van der Waals surface area contributed by atoms with Crippen LogP contribution in [0, 0.1) is 0 Å². The molecule has 7 nitrogen and oxygen atoms in total. The number of fused-ring (bicyclic) bond motifs is 2. The molecule has 2 heterocycles. The highest BCUT2D eigenvalue weighted by Crippen LogP contribution is 2.51. The molecular formula is C19H18BrNO6. The number of hydrogen-bond acceptors (Lipinski definition) is 6. The van der Waals surface area contributed by atoms with Crippen LogP contribution in [-0.2, 0) is 4.79 Å². The topological polar surface area (TPSA) is 75.3 Å². The minimum atomic E-state index is -0.216. The van der Waals surface area contributed by atoms with Crippen molar-refractivity contribution in [2.75, 3.05) is 33.4 Å². The third-order valence-corrected chi connectivity index (χ3v) is 5.57. The summed E-state index contributed by atoms with van der Waals surface area (Å²) in [6.07, 6.45) is 0.282. The van der Waals surface area contributed by atoms with Crippen molar-refractivity contribution in [3.63, 3.8) is 0 Å². The predicted octanol–water partition coefficient (Wildman–Crippen LogP) is 3.68. The Kier molecular flexibility index (Phi) is 4.51. The van der Waals surface area contributed by atoms with Gasteiger partial charge in [0.2, 0.25) is 18.4 Å². The van der Waals surface area contributed by atoms with E-state index in [1.807, 2.05) is 12.1 Å². The van der Waals surface area contributed by atoms with E-state index in [9.17, 15) is 4.79 Å². The summed E-state index contributed by atoms with van der Waals surface area (Å²) in [5.41, 5.74) is 2.51. The number of hydrogen-bond donors (Lipinski definition) is 1. The van der Waals surface area contributed by atoms with Gasteiger partial charge in [0.05, 0.1) is 25.8 Å². The lowest BCUT2D eigenvalue weighted by Crippen LogP contribution is -2.23. The van der Waals surface area contributed by atoms with Gasteiger partial charge in [0.15, 0.2) is 23.0 Å². The highest BCUT2D eigenvalue weighted by Gasteiger charge is 2.33. The summed E-state index contributed by atoms with van der Waals surface area (Å²) in [7, 11) is 4.68. The molecule has 1 atom stereocenters. The van der Waals surface area contributed by atoms with Gasteiger partial charge in [-0.1, -0.05) is 0 Å². The van der Waals surface area contributed by atoms with Gasteiger partial charge < -0.3 is 29.0 Å². The van der Waals surface area contributed by atoms with Crippen LogP contribution in [0.25, 0.3) is 0 Å². The van der Waals surface area contributed by atoms with Gasteiger partial charge >= 0.3 is 0 Å². The first-order valence-corrected chi connectivity index (χ1v) is 9.08. The smallest absolute Gasteiger partial charge is 0.231 e. The number of ether oxygens (including phenoxy) is 5. The van der Waals surface area contributed by atoms with Gasteiger partial charge in [-0.15, -0.1) is 0 Å². The maximum absolute atomic E-state index is 12.4. The maximum Gasteiger partial charge on any atom is 0.231 e. The molecule has 4 rings (SSSR count). The fraction of sp³-hybridized carbons (Fsp3) is 0.316. The summed E-state index contributed by atoms with van der Waals surface area (Å²) in [6.45, 7) is 0.171. The SMILES string of the molecule is COc1cc([C@H]2CC(=O)Nc3cc4c(cc32)OCO4)c(Br)c(OC)c1OC. The molecule has 0 radical (unpaired) electrons. The van der Waals surface area contributed by atoms with E-state index in [0.717, 1.165) is 11.1 Å². The molecule has 0 saturated heterocycles. The molecule has 2 aromatic carbocycles. The second-order valence-corrected chi connectivity index (χ2v) is 6.94. The third-order valence-electron chi connectivity index (χ3n) is 4.76. The molecule has 0 bridgehead atoms. The van der Waals surface area contributed by atoms with Crippen molar-refractivity contribution in [3.8, 4) is 28.7 Å². The second-order valence-electron chi connectivity index (χ2n) is 6.15. The largest absolute Gasteiger partial charge is 0.493 e. The van der Waals surface area contributed by atoms with Gasteiger partial charge in [-0.3, -0.25) is 4.79 Å². The summed E-state index contributed by atoms with van der Waals surface area (Å²) >= 11 is 3.62. The van der Waals surface area contributed by atoms with Crippen LogP contribution in [0.5, 0.6) is 28.7 Å². The highest BCUT2D eigenvalue weighted by molar-refractivity contribution is 9.10. The van der Waals surface area contributed by atoms with Crippen molar-refractivity contribution in [1.29, 1.82) is 0 Å². The van der Waals surface area contributed by atoms with Crippen LogP contribution in [0.4, 0.5) is 5.69 Å². The van der Waals surface area contributed by atoms with Gasteiger partial charge in [0, 0.05) is 24.1 Å². The minimum Gasteiger partial charge on any atom is -0.493 e. The first-order chi connectivity index (χ1) is 13.1. The molecule has 0 spiro atoms. The number of amides is 1. The standard InChI is InChI=1S/C19H18BrNO6/c1-23-15-5-11(17(20)19(25-3)18(15)24-2)9-6-16(22)21-12-7-14-13(4-10(9)12)26-8-27-14/h4-5,7,9H,6,8H2,1-3H3,(H,21,22)/t9-/m0/s1. The van der Waals surface area contributed by atoms with E-state index in [2.05, 4.69) is 21.2 Å². The normalized spacial score (nSPS) is 17.2. The van der Waals surface area contributed by atoms with Gasteiger partial charge in [-0.05, 0) is 39.2 Å². The Morgan fingerprint density at radius 3 is 2.37 bits per heavy atom. The number of benzene rings is 2. The molecule has 0 saturated carbocycles.